The van der Waals surface area contributed by atoms with E-state index in [0.717, 1.165) is 15.6 Å². The lowest BCUT2D eigenvalue weighted by atomic mass is 10.1. The number of carbonyl (C=O) groups excluding carboxylic acids is 1. The van der Waals surface area contributed by atoms with E-state index in [1.165, 1.54) is 5.41 Å². The van der Waals surface area contributed by atoms with E-state index < -0.39 is 9.84 Å². The van der Waals surface area contributed by atoms with Crippen LogP contribution < -0.4 is 0 Å². The molecule has 110 valence electrons. The van der Waals surface area contributed by atoms with Gasteiger partial charge >= 0.3 is 5.97 Å². The smallest absolute Gasteiger partial charge is 0.306 e. The largest absolute Gasteiger partial charge is 0.461 e. The molecule has 0 aliphatic carbocycles. The highest BCUT2D eigenvalue weighted by Crippen LogP contribution is 2.26. The predicted octanol–water partition coefficient (Wildman–Crippen LogP) is 2.89. The number of benzene rings is 1. The van der Waals surface area contributed by atoms with Crippen molar-refractivity contribution >= 4 is 37.2 Å². The Morgan fingerprint density at radius 2 is 2.14 bits per heavy atom. The van der Waals surface area contributed by atoms with E-state index in [2.05, 4.69) is 0 Å². The fraction of sp³-hybridized carbons (Fsp3) is 0.267. The van der Waals surface area contributed by atoms with Gasteiger partial charge in [-0.15, -0.1) is 11.3 Å². The van der Waals surface area contributed by atoms with Crippen LogP contribution in [0.5, 0.6) is 0 Å². The molecule has 0 bridgehead atoms. The number of sulfone groups is 1. The Kier molecular flexibility index (Phi) is 3.82. The average Bonchev–Trinajstić information content (AvgIpc) is 3.00. The van der Waals surface area contributed by atoms with Crippen LogP contribution in [0.15, 0.2) is 41.1 Å². The summed E-state index contributed by atoms with van der Waals surface area (Å²) in [5.74, 6) is -0.623. The molecule has 3 rings (SSSR count). The third kappa shape index (κ3) is 3.33. The van der Waals surface area contributed by atoms with Gasteiger partial charge in [-0.2, -0.15) is 0 Å². The summed E-state index contributed by atoms with van der Waals surface area (Å²) in [7, 11) is -3.11. The molecule has 2 heterocycles. The first-order valence-corrected chi connectivity index (χ1v) is 9.15. The molecule has 1 atom stereocenters. The van der Waals surface area contributed by atoms with Crippen LogP contribution in [-0.4, -0.2) is 20.1 Å². The molecule has 0 radical (unpaired) electrons. The Labute approximate surface area is 127 Å². The quantitative estimate of drug-likeness (QED) is 0.812. The van der Waals surface area contributed by atoms with Gasteiger partial charge in [0, 0.05) is 21.6 Å². The van der Waals surface area contributed by atoms with Gasteiger partial charge < -0.3 is 4.74 Å². The first-order valence-electron chi connectivity index (χ1n) is 6.55. The Balaban J connectivity index is 1.58. The van der Waals surface area contributed by atoms with Crippen molar-refractivity contribution in [1.82, 2.24) is 0 Å². The molecular formula is C15H14O4S2. The molecule has 0 saturated carbocycles. The minimum absolute atomic E-state index is 0.00345. The Morgan fingerprint density at radius 1 is 1.33 bits per heavy atom. The van der Waals surface area contributed by atoms with Crippen molar-refractivity contribution in [2.45, 2.75) is 13.0 Å². The van der Waals surface area contributed by atoms with E-state index in [-0.39, 0.29) is 30.7 Å². The van der Waals surface area contributed by atoms with Gasteiger partial charge in [-0.1, -0.05) is 24.3 Å². The molecule has 0 saturated heterocycles. The fourth-order valence-corrected chi connectivity index (χ4v) is 4.69. The third-order valence-corrected chi connectivity index (χ3v) is 5.86. The molecule has 6 heteroatoms. The predicted molar refractivity (Wildman–Crippen MR) is 82.7 cm³/mol. The molecular weight excluding hydrogens is 308 g/mol. The topological polar surface area (TPSA) is 60.4 Å². The number of ether oxygens (including phenoxy) is 1. The number of esters is 1. The van der Waals surface area contributed by atoms with Crippen molar-refractivity contribution < 1.29 is 17.9 Å². The van der Waals surface area contributed by atoms with Crippen molar-refractivity contribution in [3.63, 3.8) is 0 Å². The summed E-state index contributed by atoms with van der Waals surface area (Å²) < 4.78 is 29.0. The Hall–Kier alpha value is -1.66. The maximum Gasteiger partial charge on any atom is 0.306 e. The van der Waals surface area contributed by atoms with E-state index in [0.29, 0.717) is 0 Å². The van der Waals surface area contributed by atoms with E-state index in [4.69, 9.17) is 4.74 Å². The maximum absolute atomic E-state index is 11.8. The molecule has 1 aromatic heterocycles. The molecule has 1 aliphatic rings. The van der Waals surface area contributed by atoms with Crippen molar-refractivity contribution in [1.29, 1.82) is 0 Å². The van der Waals surface area contributed by atoms with Gasteiger partial charge in [-0.25, -0.2) is 8.42 Å². The highest BCUT2D eigenvalue weighted by atomic mass is 32.2. The monoisotopic (exact) mass is 322 g/mol. The van der Waals surface area contributed by atoms with Crippen LogP contribution in [0.2, 0.25) is 0 Å². The van der Waals surface area contributed by atoms with Crippen LogP contribution in [0.25, 0.3) is 10.1 Å². The highest BCUT2D eigenvalue weighted by molar-refractivity contribution is 7.94. The number of hydrogen-bond donors (Lipinski definition) is 0. The molecule has 1 unspecified atom stereocenters. The summed E-state index contributed by atoms with van der Waals surface area (Å²) in [4.78, 5) is 11.8. The lowest BCUT2D eigenvalue weighted by Crippen LogP contribution is -2.13. The van der Waals surface area contributed by atoms with E-state index >= 15 is 0 Å². The SMILES string of the molecule is O=C(CC1C=CS(=O)(=O)C1)OCc1csc2ccccc12. The normalized spacial score (nSPS) is 19.9. The Morgan fingerprint density at radius 3 is 2.90 bits per heavy atom. The summed E-state index contributed by atoms with van der Waals surface area (Å²) in [5.41, 5.74) is 0.985. The molecule has 0 N–H and O–H groups in total. The van der Waals surface area contributed by atoms with Crippen molar-refractivity contribution in [3.05, 3.63) is 46.7 Å². The number of fused-ring (bicyclic) bond motifs is 1. The van der Waals surface area contributed by atoms with Crippen LogP contribution in [0.4, 0.5) is 0 Å². The zero-order valence-corrected chi connectivity index (χ0v) is 12.8. The van der Waals surface area contributed by atoms with E-state index in [9.17, 15) is 13.2 Å². The number of hydrogen-bond acceptors (Lipinski definition) is 5. The minimum atomic E-state index is -3.11. The van der Waals surface area contributed by atoms with Crippen LogP contribution >= 0.6 is 11.3 Å². The van der Waals surface area contributed by atoms with Gasteiger partial charge in [0.05, 0.1) is 12.2 Å². The van der Waals surface area contributed by atoms with Gasteiger partial charge in [0.1, 0.15) is 6.61 Å². The first kappa shape index (κ1) is 14.3. The fourth-order valence-electron chi connectivity index (χ4n) is 2.34. The number of rotatable bonds is 4. The van der Waals surface area contributed by atoms with Gasteiger partial charge in [-0.3, -0.25) is 4.79 Å². The molecule has 0 fully saturated rings. The van der Waals surface area contributed by atoms with Gasteiger partial charge in [0.25, 0.3) is 0 Å². The third-order valence-electron chi connectivity index (χ3n) is 3.38. The number of allylic oxidation sites excluding steroid dienone is 1. The van der Waals surface area contributed by atoms with Crippen LogP contribution in [-0.2, 0) is 26.0 Å². The standard InChI is InChI=1S/C15H14O4S2/c16-15(7-11-5-6-21(17,18)10-11)19-8-12-9-20-14-4-2-1-3-13(12)14/h1-6,9,11H,7-8,10H2. The van der Waals surface area contributed by atoms with Crippen molar-refractivity contribution in [2.75, 3.05) is 5.75 Å². The van der Waals surface area contributed by atoms with Gasteiger partial charge in [-0.05, 0) is 16.8 Å². The van der Waals surface area contributed by atoms with Crippen LogP contribution in [0.1, 0.15) is 12.0 Å². The molecule has 21 heavy (non-hydrogen) atoms. The van der Waals surface area contributed by atoms with Crippen molar-refractivity contribution in [2.24, 2.45) is 5.92 Å². The summed E-state index contributed by atoms with van der Waals surface area (Å²) in [5, 5.41) is 4.26. The van der Waals surface area contributed by atoms with E-state index in [1.807, 2.05) is 29.6 Å². The second-order valence-electron chi connectivity index (χ2n) is 5.04. The molecule has 0 amide bonds. The van der Waals surface area contributed by atoms with Crippen LogP contribution in [0, 0.1) is 5.92 Å². The maximum atomic E-state index is 11.8. The molecule has 1 aromatic carbocycles. The number of thiophene rings is 1. The van der Waals surface area contributed by atoms with Crippen molar-refractivity contribution in [3.8, 4) is 0 Å². The van der Waals surface area contributed by atoms with Gasteiger partial charge in [0.2, 0.25) is 0 Å². The Bertz CT molecular complexity index is 802. The first-order chi connectivity index (χ1) is 10.0. The van der Waals surface area contributed by atoms with Gasteiger partial charge in [0.15, 0.2) is 9.84 Å². The minimum Gasteiger partial charge on any atom is -0.461 e. The zero-order chi connectivity index (χ0) is 14.9. The summed E-state index contributed by atoms with van der Waals surface area (Å²) in [6, 6.07) is 7.96. The average molecular weight is 322 g/mol. The summed E-state index contributed by atoms with van der Waals surface area (Å²) in [6.45, 7) is 0.228. The summed E-state index contributed by atoms with van der Waals surface area (Å²) in [6.07, 6.45) is 1.67. The highest BCUT2D eigenvalue weighted by Gasteiger charge is 2.24. The summed E-state index contributed by atoms with van der Waals surface area (Å²) >= 11 is 1.62. The number of carbonyl (C=O) groups is 1. The lowest BCUT2D eigenvalue weighted by molar-refractivity contribution is -0.145. The molecule has 0 spiro atoms. The molecule has 4 nitrogen and oxygen atoms in total. The van der Waals surface area contributed by atoms with E-state index in [1.54, 1.807) is 17.4 Å². The molecule has 2 aromatic rings. The molecule has 1 aliphatic heterocycles. The van der Waals surface area contributed by atoms with Crippen LogP contribution in [0.3, 0.4) is 0 Å². The lowest BCUT2D eigenvalue weighted by Gasteiger charge is -2.07. The second-order valence-corrected chi connectivity index (χ2v) is 7.88. The zero-order valence-electron chi connectivity index (χ0n) is 11.2. The second kappa shape index (κ2) is 5.61.